The first kappa shape index (κ1) is 16.6. The standard InChI is InChI=1S/C18H23N3O3/c1-3-23-18(9-4-5-10-18)17-20-15(21-24-17)12-16(22)19-14-8-6-7-13(2)11-14/h6-8,11H,3-5,9-10,12H2,1-2H3,(H,19,22). The molecule has 128 valence electrons. The van der Waals surface area contributed by atoms with Crippen LogP contribution in [0.3, 0.4) is 0 Å². The smallest absolute Gasteiger partial charge is 0.258 e. The van der Waals surface area contributed by atoms with Crippen LogP contribution in [0.2, 0.25) is 0 Å². The number of aryl methyl sites for hydroxylation is 1. The number of hydrogen-bond acceptors (Lipinski definition) is 5. The fourth-order valence-electron chi connectivity index (χ4n) is 3.22. The first-order chi connectivity index (χ1) is 11.6. The van der Waals surface area contributed by atoms with Gasteiger partial charge in [-0.2, -0.15) is 4.98 Å². The number of carbonyl (C=O) groups excluding carboxylic acids is 1. The van der Waals surface area contributed by atoms with Gasteiger partial charge < -0.3 is 14.6 Å². The predicted molar refractivity (Wildman–Crippen MR) is 89.6 cm³/mol. The summed E-state index contributed by atoms with van der Waals surface area (Å²) >= 11 is 0. The normalized spacial score (nSPS) is 16.2. The van der Waals surface area contributed by atoms with Crippen molar-refractivity contribution in [3.63, 3.8) is 0 Å². The van der Waals surface area contributed by atoms with Crippen molar-refractivity contribution in [2.45, 2.75) is 51.6 Å². The lowest BCUT2D eigenvalue weighted by molar-refractivity contribution is -0.115. The van der Waals surface area contributed by atoms with Gasteiger partial charge in [0.2, 0.25) is 5.91 Å². The van der Waals surface area contributed by atoms with Crippen LogP contribution in [0.4, 0.5) is 5.69 Å². The molecular formula is C18H23N3O3. The minimum atomic E-state index is -0.465. The van der Waals surface area contributed by atoms with Crippen molar-refractivity contribution in [3.8, 4) is 0 Å². The molecule has 1 aliphatic carbocycles. The molecule has 1 N–H and O–H groups in total. The Bertz CT molecular complexity index is 705. The van der Waals surface area contributed by atoms with Gasteiger partial charge in [0.15, 0.2) is 5.82 Å². The van der Waals surface area contributed by atoms with Gasteiger partial charge in [-0.05, 0) is 57.2 Å². The molecule has 3 rings (SSSR count). The van der Waals surface area contributed by atoms with Crippen LogP contribution in [0.25, 0.3) is 0 Å². The number of hydrogen-bond donors (Lipinski definition) is 1. The molecule has 0 bridgehead atoms. The molecule has 1 aliphatic rings. The van der Waals surface area contributed by atoms with E-state index in [1.54, 1.807) is 0 Å². The van der Waals surface area contributed by atoms with Gasteiger partial charge in [0.1, 0.15) is 5.60 Å². The van der Waals surface area contributed by atoms with E-state index in [-0.39, 0.29) is 12.3 Å². The van der Waals surface area contributed by atoms with E-state index in [2.05, 4.69) is 15.5 Å². The number of aromatic nitrogens is 2. The van der Waals surface area contributed by atoms with Gasteiger partial charge >= 0.3 is 0 Å². The molecule has 0 unspecified atom stereocenters. The van der Waals surface area contributed by atoms with Crippen LogP contribution in [-0.4, -0.2) is 22.7 Å². The topological polar surface area (TPSA) is 77.2 Å². The lowest BCUT2D eigenvalue weighted by atomic mass is 10.0. The summed E-state index contributed by atoms with van der Waals surface area (Å²) in [4.78, 5) is 16.6. The fourth-order valence-corrected chi connectivity index (χ4v) is 3.22. The Kier molecular flexibility index (Phi) is 4.94. The van der Waals surface area contributed by atoms with Gasteiger partial charge in [0.25, 0.3) is 5.89 Å². The molecule has 1 heterocycles. The largest absolute Gasteiger partial charge is 0.365 e. The molecule has 0 aliphatic heterocycles. The minimum Gasteiger partial charge on any atom is -0.365 e. The number of nitrogens with one attached hydrogen (secondary N) is 1. The summed E-state index contributed by atoms with van der Waals surface area (Å²) in [7, 11) is 0. The zero-order chi connectivity index (χ0) is 17.0. The highest BCUT2D eigenvalue weighted by Gasteiger charge is 2.41. The Morgan fingerprint density at radius 1 is 1.38 bits per heavy atom. The number of anilines is 1. The Morgan fingerprint density at radius 2 is 2.17 bits per heavy atom. The molecule has 1 aromatic heterocycles. The molecule has 0 radical (unpaired) electrons. The fraction of sp³-hybridized carbons (Fsp3) is 0.500. The van der Waals surface area contributed by atoms with Crippen LogP contribution in [0.5, 0.6) is 0 Å². The van der Waals surface area contributed by atoms with Crippen molar-refractivity contribution in [2.75, 3.05) is 11.9 Å². The number of ether oxygens (including phenoxy) is 1. The van der Waals surface area contributed by atoms with Gasteiger partial charge in [0, 0.05) is 12.3 Å². The van der Waals surface area contributed by atoms with Crippen LogP contribution in [-0.2, 0) is 21.6 Å². The van der Waals surface area contributed by atoms with E-state index in [1.807, 2.05) is 38.1 Å². The van der Waals surface area contributed by atoms with E-state index in [0.717, 1.165) is 36.9 Å². The Hall–Kier alpha value is -2.21. The summed E-state index contributed by atoms with van der Waals surface area (Å²) in [5.74, 6) is 0.728. The monoisotopic (exact) mass is 329 g/mol. The van der Waals surface area contributed by atoms with E-state index < -0.39 is 5.60 Å². The average Bonchev–Trinajstić information content (AvgIpc) is 3.18. The van der Waals surface area contributed by atoms with Crippen LogP contribution in [0.1, 0.15) is 49.9 Å². The van der Waals surface area contributed by atoms with Crippen molar-refractivity contribution < 1.29 is 14.1 Å². The predicted octanol–water partition coefficient (Wildman–Crippen LogP) is 3.37. The maximum atomic E-state index is 12.2. The van der Waals surface area contributed by atoms with Crippen molar-refractivity contribution in [1.82, 2.24) is 10.1 Å². The molecule has 1 aromatic carbocycles. The van der Waals surface area contributed by atoms with E-state index in [0.29, 0.717) is 18.3 Å². The maximum Gasteiger partial charge on any atom is 0.258 e. The molecule has 6 heteroatoms. The van der Waals surface area contributed by atoms with Gasteiger partial charge in [-0.1, -0.05) is 17.3 Å². The van der Waals surface area contributed by atoms with Crippen molar-refractivity contribution >= 4 is 11.6 Å². The zero-order valence-electron chi connectivity index (χ0n) is 14.2. The number of benzene rings is 1. The Morgan fingerprint density at radius 3 is 2.88 bits per heavy atom. The molecule has 1 saturated carbocycles. The second-order valence-corrected chi connectivity index (χ2v) is 6.24. The van der Waals surface area contributed by atoms with E-state index in [1.165, 1.54) is 0 Å². The second kappa shape index (κ2) is 7.13. The van der Waals surface area contributed by atoms with E-state index in [9.17, 15) is 4.79 Å². The second-order valence-electron chi connectivity index (χ2n) is 6.24. The number of amides is 1. The molecule has 2 aromatic rings. The lowest BCUT2D eigenvalue weighted by Crippen LogP contribution is -2.26. The van der Waals surface area contributed by atoms with Gasteiger partial charge in [-0.15, -0.1) is 0 Å². The summed E-state index contributed by atoms with van der Waals surface area (Å²) in [6.07, 6.45) is 4.03. The van der Waals surface area contributed by atoms with Crippen LogP contribution >= 0.6 is 0 Å². The Labute approximate surface area is 141 Å². The highest BCUT2D eigenvalue weighted by atomic mass is 16.5. The molecule has 6 nitrogen and oxygen atoms in total. The SMILES string of the molecule is CCOC1(c2nc(CC(=O)Nc3cccc(C)c3)no2)CCCC1. The summed E-state index contributed by atoms with van der Waals surface area (Å²) in [5.41, 5.74) is 1.40. The molecule has 1 fully saturated rings. The molecular weight excluding hydrogens is 306 g/mol. The third-order valence-electron chi connectivity index (χ3n) is 4.31. The van der Waals surface area contributed by atoms with Crippen molar-refractivity contribution in [2.24, 2.45) is 0 Å². The van der Waals surface area contributed by atoms with Crippen molar-refractivity contribution in [3.05, 3.63) is 41.5 Å². The summed E-state index contributed by atoms with van der Waals surface area (Å²) < 4.78 is 11.3. The quantitative estimate of drug-likeness (QED) is 0.879. The van der Waals surface area contributed by atoms with E-state index >= 15 is 0 Å². The first-order valence-corrected chi connectivity index (χ1v) is 8.45. The Balaban J connectivity index is 1.66. The zero-order valence-corrected chi connectivity index (χ0v) is 14.2. The van der Waals surface area contributed by atoms with Crippen LogP contribution in [0.15, 0.2) is 28.8 Å². The number of rotatable bonds is 6. The minimum absolute atomic E-state index is 0.0830. The number of nitrogens with zero attached hydrogens (tertiary/aromatic N) is 2. The highest BCUT2D eigenvalue weighted by Crippen LogP contribution is 2.41. The molecule has 24 heavy (non-hydrogen) atoms. The molecule has 0 spiro atoms. The van der Waals surface area contributed by atoms with Crippen LogP contribution < -0.4 is 5.32 Å². The summed E-state index contributed by atoms with van der Waals surface area (Å²) in [5, 5.41) is 6.81. The molecule has 1 amide bonds. The first-order valence-electron chi connectivity index (χ1n) is 8.45. The third-order valence-corrected chi connectivity index (χ3v) is 4.31. The lowest BCUT2D eigenvalue weighted by Gasteiger charge is -2.24. The highest BCUT2D eigenvalue weighted by molar-refractivity contribution is 5.91. The summed E-state index contributed by atoms with van der Waals surface area (Å²) in [6.45, 7) is 4.55. The van der Waals surface area contributed by atoms with Gasteiger partial charge in [-0.3, -0.25) is 4.79 Å². The maximum absolute atomic E-state index is 12.2. The molecule has 0 saturated heterocycles. The van der Waals surface area contributed by atoms with Gasteiger partial charge in [-0.25, -0.2) is 0 Å². The van der Waals surface area contributed by atoms with E-state index in [4.69, 9.17) is 9.26 Å². The van der Waals surface area contributed by atoms with Crippen molar-refractivity contribution in [1.29, 1.82) is 0 Å². The average molecular weight is 329 g/mol. The van der Waals surface area contributed by atoms with Crippen LogP contribution in [0, 0.1) is 6.92 Å². The van der Waals surface area contributed by atoms with Gasteiger partial charge in [0.05, 0.1) is 6.42 Å². The molecule has 0 atom stereocenters. The number of carbonyl (C=O) groups is 1. The summed E-state index contributed by atoms with van der Waals surface area (Å²) in [6, 6.07) is 7.66. The third kappa shape index (κ3) is 3.64.